The van der Waals surface area contributed by atoms with Gasteiger partial charge < -0.3 is 15.4 Å². The number of nitrogens with one attached hydrogen (secondary N) is 2. The quantitative estimate of drug-likeness (QED) is 0.802. The van der Waals surface area contributed by atoms with Crippen LogP contribution in [-0.2, 0) is 4.74 Å². The Morgan fingerprint density at radius 2 is 1.81 bits per heavy atom. The standard InChI is InChI=1S/C19H18Cl2N2O3/c20-14-7-13(8-15(21)10-14)19(25)23-16-4-1-3-12(9-16)18(24)22-11-17-5-2-6-26-17/h1,3-4,7-10,17H,2,5-6,11H2,(H,22,24)(H,23,25)/t17-/m0/s1. The largest absolute Gasteiger partial charge is 0.376 e. The molecule has 1 heterocycles. The molecule has 5 nitrogen and oxygen atoms in total. The molecule has 2 amide bonds. The van der Waals surface area contributed by atoms with Crippen LogP contribution in [0.2, 0.25) is 10.0 Å². The van der Waals surface area contributed by atoms with E-state index in [0.29, 0.717) is 33.4 Å². The summed E-state index contributed by atoms with van der Waals surface area (Å²) in [5.74, 6) is -0.561. The van der Waals surface area contributed by atoms with Gasteiger partial charge in [-0.3, -0.25) is 9.59 Å². The number of carbonyl (C=O) groups excluding carboxylic acids is 2. The molecular weight excluding hydrogens is 375 g/mol. The van der Waals surface area contributed by atoms with E-state index in [1.54, 1.807) is 30.3 Å². The fraction of sp³-hybridized carbons (Fsp3) is 0.263. The van der Waals surface area contributed by atoms with E-state index < -0.39 is 0 Å². The number of anilines is 1. The van der Waals surface area contributed by atoms with E-state index in [1.807, 2.05) is 0 Å². The SMILES string of the molecule is O=C(NC[C@@H]1CCCO1)c1cccc(NC(=O)c2cc(Cl)cc(Cl)c2)c1. The summed E-state index contributed by atoms with van der Waals surface area (Å²) < 4.78 is 5.49. The normalized spacial score (nSPS) is 16.3. The number of hydrogen-bond acceptors (Lipinski definition) is 3. The lowest BCUT2D eigenvalue weighted by Crippen LogP contribution is -2.31. The molecule has 26 heavy (non-hydrogen) atoms. The van der Waals surface area contributed by atoms with Crippen molar-refractivity contribution < 1.29 is 14.3 Å². The maximum Gasteiger partial charge on any atom is 0.255 e. The monoisotopic (exact) mass is 392 g/mol. The third-order valence-electron chi connectivity index (χ3n) is 4.02. The summed E-state index contributed by atoms with van der Waals surface area (Å²) in [4.78, 5) is 24.6. The van der Waals surface area contributed by atoms with Gasteiger partial charge in [0.1, 0.15) is 0 Å². The van der Waals surface area contributed by atoms with Gasteiger partial charge in [0.05, 0.1) is 6.10 Å². The van der Waals surface area contributed by atoms with Gasteiger partial charge in [0.15, 0.2) is 0 Å². The first-order valence-corrected chi connectivity index (χ1v) is 9.04. The molecule has 0 bridgehead atoms. The number of benzene rings is 2. The summed E-state index contributed by atoms with van der Waals surface area (Å²) in [6, 6.07) is 11.3. The predicted octanol–water partition coefficient (Wildman–Crippen LogP) is 4.15. The van der Waals surface area contributed by atoms with Crippen molar-refractivity contribution in [2.45, 2.75) is 18.9 Å². The summed E-state index contributed by atoms with van der Waals surface area (Å²) >= 11 is 11.8. The van der Waals surface area contributed by atoms with Gasteiger partial charge in [-0.15, -0.1) is 0 Å². The van der Waals surface area contributed by atoms with Gasteiger partial charge in [0, 0.05) is 40.0 Å². The highest BCUT2D eigenvalue weighted by Gasteiger charge is 2.17. The van der Waals surface area contributed by atoms with Crippen LogP contribution in [0.1, 0.15) is 33.6 Å². The molecule has 0 spiro atoms. The van der Waals surface area contributed by atoms with Gasteiger partial charge in [-0.05, 0) is 49.2 Å². The van der Waals surface area contributed by atoms with Crippen molar-refractivity contribution in [1.82, 2.24) is 5.32 Å². The summed E-state index contributed by atoms with van der Waals surface area (Å²) in [6.45, 7) is 1.23. The Morgan fingerprint density at radius 3 is 2.50 bits per heavy atom. The van der Waals surface area contributed by atoms with E-state index >= 15 is 0 Å². The first-order valence-electron chi connectivity index (χ1n) is 8.28. The summed E-state index contributed by atoms with van der Waals surface area (Å²) in [5, 5.41) is 6.36. The molecule has 0 unspecified atom stereocenters. The molecule has 1 fully saturated rings. The maximum atomic E-state index is 12.4. The van der Waals surface area contributed by atoms with Crippen LogP contribution in [0.4, 0.5) is 5.69 Å². The minimum atomic E-state index is -0.355. The summed E-state index contributed by atoms with van der Waals surface area (Å²) in [7, 11) is 0. The second-order valence-electron chi connectivity index (χ2n) is 6.04. The van der Waals surface area contributed by atoms with Crippen LogP contribution < -0.4 is 10.6 Å². The molecule has 0 aromatic heterocycles. The zero-order valence-electron chi connectivity index (χ0n) is 13.9. The maximum absolute atomic E-state index is 12.4. The van der Waals surface area contributed by atoms with Gasteiger partial charge in [0.2, 0.25) is 0 Å². The molecule has 2 aromatic rings. The van der Waals surface area contributed by atoms with Gasteiger partial charge in [-0.25, -0.2) is 0 Å². The van der Waals surface area contributed by atoms with E-state index in [4.69, 9.17) is 27.9 Å². The van der Waals surface area contributed by atoms with E-state index in [-0.39, 0.29) is 17.9 Å². The second kappa shape index (κ2) is 8.54. The van der Waals surface area contributed by atoms with Crippen molar-refractivity contribution in [2.24, 2.45) is 0 Å². The lowest BCUT2D eigenvalue weighted by atomic mass is 10.1. The Labute approximate surface area is 161 Å². The van der Waals surface area contributed by atoms with Crippen LogP contribution in [0.15, 0.2) is 42.5 Å². The van der Waals surface area contributed by atoms with Crippen molar-refractivity contribution >= 4 is 40.7 Å². The van der Waals surface area contributed by atoms with Crippen LogP contribution in [0.3, 0.4) is 0 Å². The molecule has 2 aromatic carbocycles. The number of halogens is 2. The molecule has 136 valence electrons. The minimum absolute atomic E-state index is 0.0782. The zero-order chi connectivity index (χ0) is 18.5. The van der Waals surface area contributed by atoms with Crippen LogP contribution in [0.25, 0.3) is 0 Å². The van der Waals surface area contributed by atoms with Crippen molar-refractivity contribution in [3.8, 4) is 0 Å². The highest BCUT2D eigenvalue weighted by Crippen LogP contribution is 2.20. The smallest absolute Gasteiger partial charge is 0.255 e. The van der Waals surface area contributed by atoms with Gasteiger partial charge in [0.25, 0.3) is 11.8 Å². The van der Waals surface area contributed by atoms with Crippen molar-refractivity contribution in [2.75, 3.05) is 18.5 Å². The highest BCUT2D eigenvalue weighted by atomic mass is 35.5. The van der Waals surface area contributed by atoms with Gasteiger partial charge in [-0.2, -0.15) is 0 Å². The first kappa shape index (κ1) is 18.7. The van der Waals surface area contributed by atoms with E-state index in [0.717, 1.165) is 19.4 Å². The molecule has 2 N–H and O–H groups in total. The summed E-state index contributed by atoms with van der Waals surface area (Å²) in [5.41, 5.74) is 1.32. The first-order chi connectivity index (χ1) is 12.5. The zero-order valence-corrected chi connectivity index (χ0v) is 15.4. The Hall–Kier alpha value is -2.08. The highest BCUT2D eigenvalue weighted by molar-refractivity contribution is 6.35. The molecule has 1 saturated heterocycles. The topological polar surface area (TPSA) is 67.4 Å². The lowest BCUT2D eigenvalue weighted by molar-refractivity contribution is 0.0857. The third kappa shape index (κ3) is 4.97. The summed E-state index contributed by atoms with van der Waals surface area (Å²) in [6.07, 6.45) is 2.06. The molecule has 3 rings (SSSR count). The van der Waals surface area contributed by atoms with Crippen LogP contribution in [0, 0.1) is 0 Å². The van der Waals surface area contributed by atoms with Crippen molar-refractivity contribution in [3.05, 3.63) is 63.6 Å². The number of ether oxygens (including phenoxy) is 1. The van der Waals surface area contributed by atoms with Gasteiger partial charge >= 0.3 is 0 Å². The Balaban J connectivity index is 1.64. The van der Waals surface area contributed by atoms with Crippen LogP contribution >= 0.6 is 23.2 Å². The molecule has 1 aliphatic rings. The molecule has 1 atom stereocenters. The Kier molecular flexibility index (Phi) is 6.14. The van der Waals surface area contributed by atoms with Gasteiger partial charge in [-0.1, -0.05) is 29.3 Å². The number of rotatable bonds is 5. The van der Waals surface area contributed by atoms with Crippen molar-refractivity contribution in [1.29, 1.82) is 0 Å². The molecule has 1 aliphatic heterocycles. The lowest BCUT2D eigenvalue weighted by Gasteiger charge is -2.12. The van der Waals surface area contributed by atoms with E-state index in [2.05, 4.69) is 10.6 Å². The second-order valence-corrected chi connectivity index (χ2v) is 6.91. The van der Waals surface area contributed by atoms with Crippen LogP contribution in [0.5, 0.6) is 0 Å². The van der Waals surface area contributed by atoms with E-state index in [9.17, 15) is 9.59 Å². The van der Waals surface area contributed by atoms with Crippen molar-refractivity contribution in [3.63, 3.8) is 0 Å². The molecule has 0 radical (unpaired) electrons. The minimum Gasteiger partial charge on any atom is -0.376 e. The third-order valence-corrected chi connectivity index (χ3v) is 4.46. The predicted molar refractivity (Wildman–Crippen MR) is 102 cm³/mol. The molecule has 7 heteroatoms. The fourth-order valence-corrected chi connectivity index (χ4v) is 3.27. The van der Waals surface area contributed by atoms with Crippen LogP contribution in [-0.4, -0.2) is 31.1 Å². The molecule has 0 aliphatic carbocycles. The molecular formula is C19H18Cl2N2O3. The number of hydrogen-bond donors (Lipinski definition) is 2. The van der Waals surface area contributed by atoms with E-state index in [1.165, 1.54) is 12.1 Å². The molecule has 0 saturated carbocycles. The number of carbonyl (C=O) groups is 2. The Bertz CT molecular complexity index is 800. The fourth-order valence-electron chi connectivity index (χ4n) is 2.74. The average Bonchev–Trinajstić information content (AvgIpc) is 3.12. The Morgan fingerprint density at radius 1 is 1.04 bits per heavy atom. The average molecular weight is 393 g/mol. The number of amides is 2.